The first-order valence-electron chi connectivity index (χ1n) is 14.8. The fourth-order valence-corrected chi connectivity index (χ4v) is 10.3. The van der Waals surface area contributed by atoms with Crippen molar-refractivity contribution >= 4 is 0 Å². The fraction of sp³-hybridized carbons (Fsp3) is 1.00. The second-order valence-corrected chi connectivity index (χ2v) is 13.6. The summed E-state index contributed by atoms with van der Waals surface area (Å²) in [5.74, 6) is 2.85. The summed E-state index contributed by atoms with van der Waals surface area (Å²) in [7, 11) is 0. The molecule has 6 fully saturated rings. The number of aliphatic hydroxyl groups is 2. The van der Waals surface area contributed by atoms with Gasteiger partial charge in [0.05, 0.1) is 25.4 Å². The van der Waals surface area contributed by atoms with Gasteiger partial charge in [-0.3, -0.25) is 9.80 Å². The van der Waals surface area contributed by atoms with Gasteiger partial charge in [0.2, 0.25) is 0 Å². The number of hydrogen-bond donors (Lipinski definition) is 2. The highest BCUT2D eigenvalue weighted by Crippen LogP contribution is 2.66. The second-order valence-electron chi connectivity index (χ2n) is 13.6. The summed E-state index contributed by atoms with van der Waals surface area (Å²) in [5.41, 5.74) is 0.428. The molecule has 2 aliphatic heterocycles. The highest BCUT2D eigenvalue weighted by Gasteiger charge is 2.63. The maximum atomic E-state index is 11.7. The van der Waals surface area contributed by atoms with E-state index < -0.39 is 0 Å². The molecule has 0 bridgehead atoms. The van der Waals surface area contributed by atoms with Gasteiger partial charge in [0.1, 0.15) is 0 Å². The number of morpholine rings is 1. The fourth-order valence-electron chi connectivity index (χ4n) is 10.3. The predicted molar refractivity (Wildman–Crippen MR) is 135 cm³/mol. The Morgan fingerprint density at radius 3 is 2.18 bits per heavy atom. The number of ether oxygens (including phenoxy) is 1. The average molecular weight is 475 g/mol. The minimum atomic E-state index is -0.178. The molecular formula is C29H50N2O3. The van der Waals surface area contributed by atoms with Crippen LogP contribution in [0.15, 0.2) is 0 Å². The highest BCUT2D eigenvalue weighted by molar-refractivity contribution is 5.14. The van der Waals surface area contributed by atoms with E-state index in [9.17, 15) is 10.2 Å². The number of hydrogen-bond acceptors (Lipinski definition) is 5. The van der Waals surface area contributed by atoms with Crippen molar-refractivity contribution in [1.29, 1.82) is 0 Å². The summed E-state index contributed by atoms with van der Waals surface area (Å²) in [5, 5.41) is 22.9. The van der Waals surface area contributed by atoms with Gasteiger partial charge in [-0.2, -0.15) is 0 Å². The number of rotatable bonds is 2. The van der Waals surface area contributed by atoms with Gasteiger partial charge in [0, 0.05) is 25.2 Å². The molecule has 6 rings (SSSR count). The van der Waals surface area contributed by atoms with Crippen LogP contribution in [0.5, 0.6) is 0 Å². The summed E-state index contributed by atoms with van der Waals surface area (Å²) in [4.78, 5) is 5.23. The normalized spacial score (nSPS) is 52.9. The molecule has 2 heterocycles. The van der Waals surface area contributed by atoms with Crippen molar-refractivity contribution in [3.63, 3.8) is 0 Å². The lowest BCUT2D eigenvalue weighted by Gasteiger charge is -2.62. The molecule has 2 N–H and O–H groups in total. The second kappa shape index (κ2) is 9.28. The molecule has 2 saturated heterocycles. The van der Waals surface area contributed by atoms with Crippen molar-refractivity contribution in [2.24, 2.45) is 34.5 Å². The maximum Gasteiger partial charge on any atom is 0.0751 e. The van der Waals surface area contributed by atoms with Crippen molar-refractivity contribution in [1.82, 2.24) is 9.80 Å². The Hall–Kier alpha value is -0.200. The van der Waals surface area contributed by atoms with E-state index in [2.05, 4.69) is 23.6 Å². The molecule has 5 nitrogen and oxygen atoms in total. The van der Waals surface area contributed by atoms with E-state index in [4.69, 9.17) is 4.74 Å². The number of fused-ring (bicyclic) bond motifs is 5. The van der Waals surface area contributed by atoms with Gasteiger partial charge in [0.25, 0.3) is 0 Å². The quantitative estimate of drug-likeness (QED) is 0.635. The first-order valence-corrected chi connectivity index (χ1v) is 14.8. The zero-order valence-corrected chi connectivity index (χ0v) is 21.8. The summed E-state index contributed by atoms with van der Waals surface area (Å²) >= 11 is 0. The summed E-state index contributed by atoms with van der Waals surface area (Å²) in [6.45, 7) is 11.0. The Labute approximate surface area is 207 Å². The Morgan fingerprint density at radius 1 is 0.735 bits per heavy atom. The van der Waals surface area contributed by atoms with E-state index in [1.807, 2.05) is 0 Å². The van der Waals surface area contributed by atoms with Gasteiger partial charge < -0.3 is 14.9 Å². The number of likely N-dealkylation sites (tertiary alicyclic amines) is 1. The van der Waals surface area contributed by atoms with E-state index in [1.54, 1.807) is 0 Å². The molecule has 0 radical (unpaired) electrons. The van der Waals surface area contributed by atoms with Crippen LogP contribution in [0.4, 0.5) is 0 Å². The van der Waals surface area contributed by atoms with Gasteiger partial charge in [0.15, 0.2) is 0 Å². The number of nitrogens with zero attached hydrogens (tertiary/aromatic N) is 2. The van der Waals surface area contributed by atoms with Crippen LogP contribution in [-0.2, 0) is 4.74 Å². The van der Waals surface area contributed by atoms with Crippen molar-refractivity contribution in [2.75, 3.05) is 39.4 Å². The van der Waals surface area contributed by atoms with E-state index in [1.165, 1.54) is 70.9 Å². The SMILES string of the molecule is C[C@]12C[C@H](N3CCOCC3)[C@@H](O)C[C@@H]1CC[C@@H]1[C@@H]2CC[C@]2(C)[C@@H](O)[C@@H](N3CCCCCC3)C[C@@H]12. The first-order chi connectivity index (χ1) is 16.4. The summed E-state index contributed by atoms with van der Waals surface area (Å²) in [6, 6.07) is 0.683. The molecule has 0 aromatic carbocycles. The third kappa shape index (κ3) is 3.83. The van der Waals surface area contributed by atoms with Crippen LogP contribution in [-0.4, -0.2) is 83.7 Å². The summed E-state index contributed by atoms with van der Waals surface area (Å²) < 4.78 is 5.63. The molecular weight excluding hydrogens is 424 g/mol. The minimum absolute atomic E-state index is 0.0964. The van der Waals surface area contributed by atoms with Crippen molar-refractivity contribution < 1.29 is 14.9 Å². The maximum absolute atomic E-state index is 11.7. The molecule has 0 aromatic heterocycles. The van der Waals surface area contributed by atoms with Crippen molar-refractivity contribution in [2.45, 2.75) is 109 Å². The topological polar surface area (TPSA) is 56.2 Å². The predicted octanol–water partition coefficient (Wildman–Crippen LogP) is 3.92. The van der Waals surface area contributed by atoms with E-state index in [0.29, 0.717) is 29.3 Å². The molecule has 34 heavy (non-hydrogen) atoms. The van der Waals surface area contributed by atoms with Crippen LogP contribution in [0, 0.1) is 34.5 Å². The monoisotopic (exact) mass is 474 g/mol. The van der Waals surface area contributed by atoms with E-state index >= 15 is 0 Å². The molecule has 10 atom stereocenters. The van der Waals surface area contributed by atoms with Crippen LogP contribution in [0.1, 0.15) is 84.5 Å². The third-order valence-corrected chi connectivity index (χ3v) is 12.3. The molecule has 4 aliphatic carbocycles. The van der Waals surface area contributed by atoms with Gasteiger partial charge in [-0.05, 0) is 105 Å². The zero-order chi connectivity index (χ0) is 23.5. The largest absolute Gasteiger partial charge is 0.391 e. The highest BCUT2D eigenvalue weighted by atomic mass is 16.5. The molecule has 194 valence electrons. The zero-order valence-electron chi connectivity index (χ0n) is 21.8. The smallest absolute Gasteiger partial charge is 0.0751 e. The van der Waals surface area contributed by atoms with Crippen molar-refractivity contribution in [3.8, 4) is 0 Å². The average Bonchev–Trinajstić information content (AvgIpc) is 3.00. The minimum Gasteiger partial charge on any atom is -0.391 e. The molecule has 4 saturated carbocycles. The van der Waals surface area contributed by atoms with Crippen LogP contribution in [0.25, 0.3) is 0 Å². The molecule has 6 aliphatic rings. The van der Waals surface area contributed by atoms with E-state index in [0.717, 1.165) is 51.0 Å². The van der Waals surface area contributed by atoms with Crippen LogP contribution in [0.3, 0.4) is 0 Å². The van der Waals surface area contributed by atoms with Crippen LogP contribution >= 0.6 is 0 Å². The molecule has 0 amide bonds. The third-order valence-electron chi connectivity index (χ3n) is 12.3. The lowest BCUT2D eigenvalue weighted by molar-refractivity contribution is -0.158. The van der Waals surface area contributed by atoms with Gasteiger partial charge in [-0.25, -0.2) is 0 Å². The Balaban J connectivity index is 1.23. The lowest BCUT2D eigenvalue weighted by atomic mass is 9.44. The molecule has 0 spiro atoms. The number of aliphatic hydroxyl groups excluding tert-OH is 2. The summed E-state index contributed by atoms with van der Waals surface area (Å²) in [6.07, 6.45) is 13.4. The molecule has 0 unspecified atom stereocenters. The first kappa shape index (κ1) is 24.2. The van der Waals surface area contributed by atoms with Crippen molar-refractivity contribution in [3.05, 3.63) is 0 Å². The Kier molecular flexibility index (Phi) is 6.59. The van der Waals surface area contributed by atoms with Gasteiger partial charge in [-0.1, -0.05) is 26.7 Å². The van der Waals surface area contributed by atoms with Crippen LogP contribution < -0.4 is 0 Å². The molecule has 0 aromatic rings. The van der Waals surface area contributed by atoms with Gasteiger partial charge >= 0.3 is 0 Å². The lowest BCUT2D eigenvalue weighted by Crippen LogP contribution is -2.61. The van der Waals surface area contributed by atoms with Gasteiger partial charge in [-0.15, -0.1) is 0 Å². The molecule has 5 heteroatoms. The Bertz CT molecular complexity index is 720. The Morgan fingerprint density at radius 2 is 1.44 bits per heavy atom. The van der Waals surface area contributed by atoms with Crippen LogP contribution in [0.2, 0.25) is 0 Å². The standard InChI is InChI=1S/C29H50N2O3/c1-28-10-9-22-21(23(28)18-24(27(28)33)30-11-5-3-4-6-12-30)8-7-20-17-26(32)25(19-29(20,22)2)31-13-15-34-16-14-31/h20-27,32-33H,3-19H2,1-2H3/t20-,21+,22-,23-,24-,25-,26-,27-,28-,29-/m0/s1. The van der Waals surface area contributed by atoms with E-state index in [-0.39, 0.29) is 17.6 Å².